The van der Waals surface area contributed by atoms with Crippen LogP contribution in [0.1, 0.15) is 12.1 Å². The van der Waals surface area contributed by atoms with Gasteiger partial charge in [-0.25, -0.2) is 15.0 Å². The molecule has 0 aliphatic carbocycles. The molecule has 0 bridgehead atoms. The van der Waals surface area contributed by atoms with Gasteiger partial charge in [-0.1, -0.05) is 5.92 Å². The van der Waals surface area contributed by atoms with E-state index < -0.39 is 24.5 Å². The zero-order chi connectivity index (χ0) is 16.6. The second-order valence-electron chi connectivity index (χ2n) is 5.00. The van der Waals surface area contributed by atoms with Gasteiger partial charge in [0, 0.05) is 6.54 Å². The van der Waals surface area contributed by atoms with Gasteiger partial charge in [0.2, 0.25) is 5.82 Å². The number of hydrogen-bond donors (Lipinski definition) is 5. The standard InChI is InChI=1S/C13H16N6O4/c14-4-6-9(21)10(22)13(23-6)19-5-16-8-11(15)17-7(2-1-3-20)18-12(8)19/h5-6,9-10,13,20-22H,3-4,14H2,(H2,15,17,18)/t6-,9-,10-,13-/m1/s1. The van der Waals surface area contributed by atoms with Crippen LogP contribution >= 0.6 is 0 Å². The zero-order valence-electron chi connectivity index (χ0n) is 12.0. The van der Waals surface area contributed by atoms with Crippen LogP contribution in [0.2, 0.25) is 0 Å². The Hall–Kier alpha value is -2.29. The van der Waals surface area contributed by atoms with Crippen molar-refractivity contribution in [2.45, 2.75) is 24.5 Å². The molecule has 0 aromatic carbocycles. The summed E-state index contributed by atoms with van der Waals surface area (Å²) in [7, 11) is 0. The average molecular weight is 320 g/mol. The summed E-state index contributed by atoms with van der Waals surface area (Å²) < 4.78 is 7.01. The first-order valence-electron chi connectivity index (χ1n) is 6.88. The lowest BCUT2D eigenvalue weighted by Crippen LogP contribution is -2.35. The number of aliphatic hydroxyl groups excluding tert-OH is 3. The normalized spacial score (nSPS) is 27.1. The van der Waals surface area contributed by atoms with Crippen molar-refractivity contribution in [3.05, 3.63) is 12.2 Å². The summed E-state index contributed by atoms with van der Waals surface area (Å²) >= 11 is 0. The fraction of sp³-hybridized carbons (Fsp3) is 0.462. The summed E-state index contributed by atoms with van der Waals surface area (Å²) in [5.41, 5.74) is 12.0. The Balaban J connectivity index is 2.06. The number of hydrogen-bond acceptors (Lipinski definition) is 9. The van der Waals surface area contributed by atoms with Crippen molar-refractivity contribution < 1.29 is 20.1 Å². The van der Waals surface area contributed by atoms with E-state index in [0.29, 0.717) is 11.2 Å². The molecule has 10 heteroatoms. The number of aromatic nitrogens is 4. The first-order chi connectivity index (χ1) is 11.1. The molecule has 0 saturated carbocycles. The Bertz CT molecular complexity index is 782. The molecule has 3 heterocycles. The first-order valence-corrected chi connectivity index (χ1v) is 6.88. The van der Waals surface area contributed by atoms with E-state index in [-0.39, 0.29) is 24.8 Å². The summed E-state index contributed by atoms with van der Waals surface area (Å²) in [5.74, 6) is 5.20. The monoisotopic (exact) mass is 320 g/mol. The van der Waals surface area contributed by atoms with Crippen LogP contribution in [0.15, 0.2) is 6.33 Å². The maximum absolute atomic E-state index is 10.2. The summed E-state index contributed by atoms with van der Waals surface area (Å²) in [6, 6.07) is 0. The van der Waals surface area contributed by atoms with Crippen molar-refractivity contribution in [2.24, 2.45) is 5.73 Å². The maximum atomic E-state index is 10.2. The fourth-order valence-electron chi connectivity index (χ4n) is 2.45. The Labute approximate surface area is 130 Å². The lowest BCUT2D eigenvalue weighted by atomic mass is 10.1. The lowest BCUT2D eigenvalue weighted by molar-refractivity contribution is -0.0322. The molecule has 0 amide bonds. The van der Waals surface area contributed by atoms with E-state index in [1.54, 1.807) is 0 Å². The number of nitrogen functional groups attached to an aromatic ring is 1. The molecule has 1 fully saturated rings. The van der Waals surface area contributed by atoms with E-state index in [9.17, 15) is 10.2 Å². The van der Waals surface area contributed by atoms with Crippen molar-refractivity contribution in [3.63, 3.8) is 0 Å². The Morgan fingerprint density at radius 2 is 2.09 bits per heavy atom. The van der Waals surface area contributed by atoms with Gasteiger partial charge in [0.05, 0.1) is 6.33 Å². The average Bonchev–Trinajstić information content (AvgIpc) is 3.08. The van der Waals surface area contributed by atoms with Gasteiger partial charge in [0.15, 0.2) is 17.7 Å². The SMILES string of the molecule is NC[C@H]1O[C@@H](n2cnc3c(N)nc(C#CCO)nc32)[C@H](O)[C@@H]1O. The van der Waals surface area contributed by atoms with Crippen molar-refractivity contribution >= 4 is 17.0 Å². The highest BCUT2D eigenvalue weighted by Crippen LogP contribution is 2.31. The molecule has 2 aromatic heterocycles. The van der Waals surface area contributed by atoms with Crippen LogP contribution in [0.25, 0.3) is 11.2 Å². The van der Waals surface area contributed by atoms with E-state index in [0.717, 1.165) is 0 Å². The number of aliphatic hydroxyl groups is 3. The molecule has 3 rings (SSSR count). The molecule has 0 radical (unpaired) electrons. The summed E-state index contributed by atoms with van der Waals surface area (Å²) in [6.45, 7) is -0.277. The molecule has 2 aromatic rings. The largest absolute Gasteiger partial charge is 0.387 e. The Morgan fingerprint density at radius 1 is 1.30 bits per heavy atom. The molecular formula is C13H16N6O4. The molecule has 1 aliphatic rings. The van der Waals surface area contributed by atoms with E-state index in [2.05, 4.69) is 26.8 Å². The summed E-state index contributed by atoms with van der Waals surface area (Å²) in [5, 5.41) is 28.8. The summed E-state index contributed by atoms with van der Waals surface area (Å²) in [4.78, 5) is 12.3. The number of rotatable bonds is 2. The highest BCUT2D eigenvalue weighted by atomic mass is 16.6. The number of anilines is 1. The van der Waals surface area contributed by atoms with Crippen molar-refractivity contribution in [3.8, 4) is 11.8 Å². The van der Waals surface area contributed by atoms with Gasteiger partial charge in [0.1, 0.15) is 30.4 Å². The molecular weight excluding hydrogens is 304 g/mol. The highest BCUT2D eigenvalue weighted by molar-refractivity contribution is 5.82. The van der Waals surface area contributed by atoms with Crippen LogP contribution in [0, 0.1) is 11.8 Å². The predicted molar refractivity (Wildman–Crippen MR) is 78.7 cm³/mol. The Kier molecular flexibility index (Phi) is 4.12. The molecule has 23 heavy (non-hydrogen) atoms. The minimum Gasteiger partial charge on any atom is -0.387 e. The van der Waals surface area contributed by atoms with Gasteiger partial charge < -0.3 is 31.5 Å². The molecule has 122 valence electrons. The summed E-state index contributed by atoms with van der Waals surface area (Å²) in [6.07, 6.45) is -2.52. The van der Waals surface area contributed by atoms with Gasteiger partial charge in [-0.3, -0.25) is 4.57 Å². The molecule has 1 aliphatic heterocycles. The van der Waals surface area contributed by atoms with Gasteiger partial charge in [0.25, 0.3) is 0 Å². The van der Waals surface area contributed by atoms with E-state index >= 15 is 0 Å². The maximum Gasteiger partial charge on any atom is 0.209 e. The minimum atomic E-state index is -1.19. The van der Waals surface area contributed by atoms with Crippen LogP contribution in [-0.4, -0.2) is 66.3 Å². The number of ether oxygens (including phenoxy) is 1. The molecule has 0 unspecified atom stereocenters. The highest BCUT2D eigenvalue weighted by Gasteiger charge is 2.43. The second-order valence-corrected chi connectivity index (χ2v) is 5.00. The number of imidazole rings is 1. The molecule has 0 spiro atoms. The molecule has 10 nitrogen and oxygen atoms in total. The third-order valence-corrected chi connectivity index (χ3v) is 3.57. The molecule has 4 atom stereocenters. The smallest absolute Gasteiger partial charge is 0.209 e. The van der Waals surface area contributed by atoms with Gasteiger partial charge >= 0.3 is 0 Å². The second kappa shape index (κ2) is 6.07. The van der Waals surface area contributed by atoms with Crippen LogP contribution in [0.4, 0.5) is 5.82 Å². The third-order valence-electron chi connectivity index (χ3n) is 3.57. The fourth-order valence-corrected chi connectivity index (χ4v) is 2.45. The van der Waals surface area contributed by atoms with Crippen LogP contribution in [-0.2, 0) is 4.74 Å². The number of fused-ring (bicyclic) bond motifs is 1. The van der Waals surface area contributed by atoms with Crippen molar-refractivity contribution in [1.29, 1.82) is 0 Å². The van der Waals surface area contributed by atoms with E-state index in [4.69, 9.17) is 21.3 Å². The molecule has 7 N–H and O–H groups in total. The van der Waals surface area contributed by atoms with Crippen molar-refractivity contribution in [2.75, 3.05) is 18.9 Å². The topological polar surface area (TPSA) is 166 Å². The van der Waals surface area contributed by atoms with E-state index in [1.807, 2.05) is 0 Å². The molecule has 1 saturated heterocycles. The zero-order valence-corrected chi connectivity index (χ0v) is 12.0. The van der Waals surface area contributed by atoms with Crippen LogP contribution in [0.5, 0.6) is 0 Å². The van der Waals surface area contributed by atoms with Gasteiger partial charge in [-0.15, -0.1) is 0 Å². The number of nitrogens with zero attached hydrogens (tertiary/aromatic N) is 4. The number of nitrogens with two attached hydrogens (primary N) is 2. The van der Waals surface area contributed by atoms with Crippen LogP contribution in [0.3, 0.4) is 0 Å². The minimum absolute atomic E-state index is 0.0612. The predicted octanol–water partition coefficient (Wildman–Crippen LogP) is -2.67. The first kappa shape index (κ1) is 15.6. The van der Waals surface area contributed by atoms with Gasteiger partial charge in [-0.2, -0.15) is 0 Å². The quantitative estimate of drug-likeness (QED) is 0.371. The van der Waals surface area contributed by atoms with Gasteiger partial charge in [-0.05, 0) is 5.92 Å². The van der Waals surface area contributed by atoms with E-state index in [1.165, 1.54) is 10.9 Å². The third kappa shape index (κ3) is 2.61. The Morgan fingerprint density at radius 3 is 2.74 bits per heavy atom. The lowest BCUT2D eigenvalue weighted by Gasteiger charge is -2.16. The van der Waals surface area contributed by atoms with Crippen molar-refractivity contribution in [1.82, 2.24) is 19.5 Å². The van der Waals surface area contributed by atoms with Crippen LogP contribution < -0.4 is 11.5 Å².